The molecule has 0 aromatic heterocycles. The molecule has 1 saturated heterocycles. The summed E-state index contributed by atoms with van der Waals surface area (Å²) in [5.74, 6) is 0.841. The largest absolute Gasteiger partial charge is 0.497 e. The lowest BCUT2D eigenvalue weighted by Crippen LogP contribution is -2.40. The minimum Gasteiger partial charge on any atom is -0.497 e. The Morgan fingerprint density at radius 3 is 2.81 bits per heavy atom. The molecule has 0 atom stereocenters. The third kappa shape index (κ3) is 2.51. The summed E-state index contributed by atoms with van der Waals surface area (Å²) in [6.45, 7) is 3.25. The fourth-order valence-corrected chi connectivity index (χ4v) is 2.01. The van der Waals surface area contributed by atoms with Gasteiger partial charge in [0.25, 0.3) is 0 Å². The molecule has 1 heterocycles. The number of hydrogen-bond donors (Lipinski definition) is 0. The third-order valence-corrected chi connectivity index (χ3v) is 3.11. The predicted molar refractivity (Wildman–Crippen MR) is 67.1 cm³/mol. The van der Waals surface area contributed by atoms with E-state index in [4.69, 9.17) is 21.7 Å². The van der Waals surface area contributed by atoms with E-state index in [9.17, 15) is 0 Å². The number of morpholine rings is 1. The van der Waals surface area contributed by atoms with Crippen molar-refractivity contribution < 1.29 is 9.47 Å². The van der Waals surface area contributed by atoms with Crippen LogP contribution in [0.3, 0.4) is 0 Å². The van der Waals surface area contributed by atoms with E-state index in [0.717, 1.165) is 42.6 Å². The van der Waals surface area contributed by atoms with Gasteiger partial charge in [0.2, 0.25) is 0 Å². The van der Waals surface area contributed by atoms with Crippen molar-refractivity contribution in [3.8, 4) is 5.75 Å². The van der Waals surface area contributed by atoms with E-state index in [2.05, 4.69) is 4.90 Å². The predicted octanol–water partition coefficient (Wildman–Crippen LogP) is 1.70. The minimum absolute atomic E-state index is 0.754. The van der Waals surface area contributed by atoms with Crippen LogP contribution in [-0.4, -0.2) is 43.3 Å². The first-order valence-electron chi connectivity index (χ1n) is 5.32. The van der Waals surface area contributed by atoms with Crippen LogP contribution < -0.4 is 4.74 Å². The van der Waals surface area contributed by atoms with Crippen LogP contribution in [0.1, 0.15) is 5.56 Å². The summed E-state index contributed by atoms with van der Waals surface area (Å²) < 4.78 is 10.5. The Bertz CT molecular complexity index is 375. The van der Waals surface area contributed by atoms with Crippen LogP contribution in [0.2, 0.25) is 0 Å². The molecule has 2 rings (SSSR count). The first-order chi connectivity index (χ1) is 7.81. The maximum atomic E-state index is 5.46. The van der Waals surface area contributed by atoms with Crippen molar-refractivity contribution in [3.63, 3.8) is 0 Å². The van der Waals surface area contributed by atoms with E-state index in [1.807, 2.05) is 24.3 Å². The van der Waals surface area contributed by atoms with Gasteiger partial charge in [-0.1, -0.05) is 24.4 Å². The zero-order chi connectivity index (χ0) is 11.4. The monoisotopic (exact) mass is 237 g/mol. The summed E-state index contributed by atoms with van der Waals surface area (Å²) in [5, 5.41) is 0. The van der Waals surface area contributed by atoms with Gasteiger partial charge >= 0.3 is 0 Å². The molecule has 0 N–H and O–H groups in total. The molecule has 1 aromatic rings. The molecule has 0 aliphatic carbocycles. The summed E-state index contributed by atoms with van der Waals surface area (Å²) in [7, 11) is 1.66. The van der Waals surface area contributed by atoms with E-state index in [-0.39, 0.29) is 0 Å². The number of hydrogen-bond acceptors (Lipinski definition) is 3. The average molecular weight is 237 g/mol. The smallest absolute Gasteiger partial charge is 0.119 e. The molecule has 0 amide bonds. The number of nitrogens with zero attached hydrogens (tertiary/aromatic N) is 1. The quantitative estimate of drug-likeness (QED) is 0.730. The third-order valence-electron chi connectivity index (χ3n) is 2.61. The van der Waals surface area contributed by atoms with Crippen molar-refractivity contribution in [2.24, 2.45) is 0 Å². The van der Waals surface area contributed by atoms with Gasteiger partial charge < -0.3 is 14.4 Å². The van der Waals surface area contributed by atoms with E-state index < -0.39 is 0 Å². The number of thiocarbonyl (C=S) groups is 1. The fourth-order valence-electron chi connectivity index (χ4n) is 1.71. The summed E-state index contributed by atoms with van der Waals surface area (Å²) in [4.78, 5) is 3.05. The molecular formula is C12H15NO2S. The summed E-state index contributed by atoms with van der Waals surface area (Å²) in [6, 6.07) is 7.87. The van der Waals surface area contributed by atoms with Crippen molar-refractivity contribution in [3.05, 3.63) is 29.8 Å². The molecule has 0 spiro atoms. The van der Waals surface area contributed by atoms with Crippen LogP contribution >= 0.6 is 12.2 Å². The zero-order valence-electron chi connectivity index (χ0n) is 9.31. The second kappa shape index (κ2) is 5.27. The van der Waals surface area contributed by atoms with Gasteiger partial charge in [-0.3, -0.25) is 0 Å². The van der Waals surface area contributed by atoms with E-state index in [0.29, 0.717) is 0 Å². The fraction of sp³-hybridized carbons (Fsp3) is 0.417. The highest BCUT2D eigenvalue weighted by Crippen LogP contribution is 2.15. The molecule has 0 radical (unpaired) electrons. The molecule has 0 unspecified atom stereocenters. The van der Waals surface area contributed by atoms with Crippen molar-refractivity contribution >= 4 is 17.2 Å². The van der Waals surface area contributed by atoms with E-state index in [1.165, 1.54) is 0 Å². The zero-order valence-corrected chi connectivity index (χ0v) is 10.1. The van der Waals surface area contributed by atoms with Gasteiger partial charge in [0.05, 0.1) is 20.3 Å². The lowest BCUT2D eigenvalue weighted by Gasteiger charge is -2.29. The van der Waals surface area contributed by atoms with Gasteiger partial charge in [0.15, 0.2) is 0 Å². The molecule has 86 valence electrons. The molecule has 3 nitrogen and oxygen atoms in total. The topological polar surface area (TPSA) is 21.7 Å². The highest BCUT2D eigenvalue weighted by Gasteiger charge is 2.15. The maximum Gasteiger partial charge on any atom is 0.119 e. The van der Waals surface area contributed by atoms with Crippen molar-refractivity contribution in [2.45, 2.75) is 0 Å². The second-order valence-corrected chi connectivity index (χ2v) is 4.02. The molecule has 1 aromatic carbocycles. The van der Waals surface area contributed by atoms with Crippen molar-refractivity contribution in [1.82, 2.24) is 4.90 Å². The lowest BCUT2D eigenvalue weighted by molar-refractivity contribution is 0.0693. The lowest BCUT2D eigenvalue weighted by atomic mass is 10.2. The number of methoxy groups -OCH3 is 1. The molecule has 16 heavy (non-hydrogen) atoms. The number of benzene rings is 1. The van der Waals surface area contributed by atoms with Gasteiger partial charge in [0, 0.05) is 18.7 Å². The molecule has 4 heteroatoms. The summed E-state index contributed by atoms with van der Waals surface area (Å²) >= 11 is 5.46. The van der Waals surface area contributed by atoms with Crippen LogP contribution in [0.15, 0.2) is 24.3 Å². The van der Waals surface area contributed by atoms with Crippen molar-refractivity contribution in [2.75, 3.05) is 33.4 Å². The maximum absolute atomic E-state index is 5.46. The van der Waals surface area contributed by atoms with Gasteiger partial charge in [0.1, 0.15) is 10.7 Å². The molecular weight excluding hydrogens is 222 g/mol. The van der Waals surface area contributed by atoms with Gasteiger partial charge in [-0.05, 0) is 12.1 Å². The van der Waals surface area contributed by atoms with Crippen LogP contribution in [0.4, 0.5) is 0 Å². The standard InChI is InChI=1S/C12H15NO2S/c1-14-11-4-2-3-10(9-11)12(16)13-5-7-15-8-6-13/h2-4,9H,5-8H2,1H3. The van der Waals surface area contributed by atoms with Crippen LogP contribution in [-0.2, 0) is 4.74 Å². The highest BCUT2D eigenvalue weighted by atomic mass is 32.1. The minimum atomic E-state index is 0.754. The van der Waals surface area contributed by atoms with Gasteiger partial charge in [-0.15, -0.1) is 0 Å². The molecule has 0 bridgehead atoms. The van der Waals surface area contributed by atoms with Crippen LogP contribution in [0.5, 0.6) is 5.75 Å². The SMILES string of the molecule is COc1cccc(C(=S)N2CCOCC2)c1. The van der Waals surface area contributed by atoms with Crippen LogP contribution in [0, 0.1) is 0 Å². The van der Waals surface area contributed by atoms with Crippen LogP contribution in [0.25, 0.3) is 0 Å². The molecule has 1 aliphatic heterocycles. The van der Waals surface area contributed by atoms with E-state index >= 15 is 0 Å². The Kier molecular flexibility index (Phi) is 3.74. The first kappa shape index (κ1) is 11.4. The molecule has 1 fully saturated rings. The Balaban J connectivity index is 2.12. The molecule has 0 saturated carbocycles. The van der Waals surface area contributed by atoms with Crippen molar-refractivity contribution in [1.29, 1.82) is 0 Å². The Labute approximate surface area is 101 Å². The Hall–Kier alpha value is -1.13. The molecule has 1 aliphatic rings. The second-order valence-electron chi connectivity index (χ2n) is 3.64. The highest BCUT2D eigenvalue weighted by molar-refractivity contribution is 7.80. The number of ether oxygens (including phenoxy) is 2. The Morgan fingerprint density at radius 1 is 1.38 bits per heavy atom. The Morgan fingerprint density at radius 2 is 2.12 bits per heavy atom. The number of rotatable bonds is 2. The average Bonchev–Trinajstić information content (AvgIpc) is 2.39. The van der Waals surface area contributed by atoms with E-state index in [1.54, 1.807) is 7.11 Å². The van der Waals surface area contributed by atoms with Gasteiger partial charge in [-0.2, -0.15) is 0 Å². The van der Waals surface area contributed by atoms with Gasteiger partial charge in [-0.25, -0.2) is 0 Å². The first-order valence-corrected chi connectivity index (χ1v) is 5.73. The summed E-state index contributed by atoms with van der Waals surface area (Å²) in [6.07, 6.45) is 0. The summed E-state index contributed by atoms with van der Waals surface area (Å²) in [5.41, 5.74) is 1.04. The normalized spacial score (nSPS) is 15.9.